The zero-order valence-electron chi connectivity index (χ0n) is 10.0. The summed E-state index contributed by atoms with van der Waals surface area (Å²) >= 11 is 0. The highest BCUT2D eigenvalue weighted by Gasteiger charge is 2.79. The fourth-order valence-electron chi connectivity index (χ4n) is 3.32. The van der Waals surface area contributed by atoms with Crippen molar-refractivity contribution < 1.29 is 14.3 Å². The molecule has 15 heavy (non-hydrogen) atoms. The lowest BCUT2D eigenvalue weighted by atomic mass is 9.78. The van der Waals surface area contributed by atoms with E-state index in [9.17, 15) is 4.79 Å². The predicted octanol–water partition coefficient (Wildman–Crippen LogP) is 2.14. The van der Waals surface area contributed by atoms with E-state index in [0.717, 1.165) is 19.3 Å². The highest BCUT2D eigenvalue weighted by Crippen LogP contribution is 2.64. The van der Waals surface area contributed by atoms with E-state index in [0.29, 0.717) is 5.92 Å². The maximum atomic E-state index is 11.9. The smallest absolute Gasteiger partial charge is 0.341 e. The molecule has 0 aromatic carbocycles. The van der Waals surface area contributed by atoms with Crippen molar-refractivity contribution in [1.29, 1.82) is 0 Å². The van der Waals surface area contributed by atoms with Crippen LogP contribution in [-0.2, 0) is 14.3 Å². The number of carbonyl (C=O) groups excluding carboxylic acids is 1. The summed E-state index contributed by atoms with van der Waals surface area (Å²) in [5, 5.41) is 0. The monoisotopic (exact) mass is 212 g/mol. The van der Waals surface area contributed by atoms with Gasteiger partial charge in [0, 0.05) is 0 Å². The van der Waals surface area contributed by atoms with E-state index in [1.165, 1.54) is 7.11 Å². The normalized spacial score (nSPS) is 43.7. The molecule has 1 saturated heterocycles. The number of ether oxygens (including phenoxy) is 2. The molecular weight excluding hydrogens is 192 g/mol. The molecule has 0 N–H and O–H groups in total. The molecular formula is C12H20O3. The molecule has 86 valence electrons. The Morgan fingerprint density at radius 3 is 2.60 bits per heavy atom. The van der Waals surface area contributed by atoms with Crippen molar-refractivity contribution in [2.45, 2.75) is 51.2 Å². The van der Waals surface area contributed by atoms with Gasteiger partial charge in [0.05, 0.1) is 7.11 Å². The average Bonchev–Trinajstić information content (AvgIpc) is 2.76. The van der Waals surface area contributed by atoms with Gasteiger partial charge in [-0.05, 0) is 24.7 Å². The van der Waals surface area contributed by atoms with Gasteiger partial charge in [-0.15, -0.1) is 0 Å². The number of carbonyl (C=O) groups is 1. The Morgan fingerprint density at radius 2 is 2.20 bits per heavy atom. The summed E-state index contributed by atoms with van der Waals surface area (Å²) in [6, 6.07) is 0. The van der Waals surface area contributed by atoms with Crippen molar-refractivity contribution in [1.82, 2.24) is 0 Å². The van der Waals surface area contributed by atoms with E-state index in [2.05, 4.69) is 6.92 Å². The van der Waals surface area contributed by atoms with Crippen LogP contribution in [-0.4, -0.2) is 24.3 Å². The maximum Gasteiger partial charge on any atom is 0.341 e. The van der Waals surface area contributed by atoms with Gasteiger partial charge in [0.2, 0.25) is 0 Å². The zero-order chi connectivity index (χ0) is 11.3. The molecule has 3 nitrogen and oxygen atoms in total. The first-order valence-corrected chi connectivity index (χ1v) is 5.80. The number of hydrogen-bond donors (Lipinski definition) is 0. The summed E-state index contributed by atoms with van der Waals surface area (Å²) in [5.74, 6) is 0.468. The third-order valence-corrected chi connectivity index (χ3v) is 4.21. The summed E-state index contributed by atoms with van der Waals surface area (Å²) in [4.78, 5) is 11.9. The van der Waals surface area contributed by atoms with Crippen LogP contribution in [0.3, 0.4) is 0 Å². The average molecular weight is 212 g/mol. The lowest BCUT2D eigenvalue weighted by Crippen LogP contribution is -2.41. The number of rotatable bonds is 2. The zero-order valence-corrected chi connectivity index (χ0v) is 10.0. The topological polar surface area (TPSA) is 38.8 Å². The Morgan fingerprint density at radius 1 is 1.53 bits per heavy atom. The van der Waals surface area contributed by atoms with Crippen LogP contribution in [0.15, 0.2) is 0 Å². The Hall–Kier alpha value is -0.570. The Labute approximate surface area is 91.1 Å². The molecule has 0 amide bonds. The Bertz CT molecular complexity index is 287. The molecule has 0 aromatic heterocycles. The van der Waals surface area contributed by atoms with Crippen molar-refractivity contribution in [3.05, 3.63) is 0 Å². The first-order chi connectivity index (χ1) is 7.01. The third-order valence-electron chi connectivity index (χ3n) is 4.21. The van der Waals surface area contributed by atoms with Gasteiger partial charge in [0.15, 0.2) is 5.60 Å². The van der Waals surface area contributed by atoms with Crippen molar-refractivity contribution >= 4 is 5.97 Å². The Kier molecular flexibility index (Phi) is 2.34. The molecule has 1 aliphatic carbocycles. The van der Waals surface area contributed by atoms with E-state index in [1.807, 2.05) is 13.8 Å². The van der Waals surface area contributed by atoms with Crippen LogP contribution in [0.5, 0.6) is 0 Å². The summed E-state index contributed by atoms with van der Waals surface area (Å²) in [6.45, 7) is 6.26. The van der Waals surface area contributed by atoms with Crippen molar-refractivity contribution in [3.8, 4) is 0 Å². The van der Waals surface area contributed by atoms with Gasteiger partial charge >= 0.3 is 5.97 Å². The van der Waals surface area contributed by atoms with Crippen LogP contribution in [0.25, 0.3) is 0 Å². The van der Waals surface area contributed by atoms with Crippen molar-refractivity contribution in [3.63, 3.8) is 0 Å². The van der Waals surface area contributed by atoms with Gasteiger partial charge in [0.25, 0.3) is 0 Å². The second-order valence-corrected chi connectivity index (χ2v) is 5.17. The van der Waals surface area contributed by atoms with E-state index in [1.54, 1.807) is 0 Å². The highest BCUT2D eigenvalue weighted by atomic mass is 16.7. The minimum Gasteiger partial charge on any atom is -0.467 e. The molecule has 1 heterocycles. The molecule has 1 aliphatic heterocycles. The molecule has 2 rings (SSSR count). The van der Waals surface area contributed by atoms with Crippen LogP contribution in [0, 0.1) is 11.8 Å². The molecule has 0 radical (unpaired) electrons. The molecule has 1 saturated carbocycles. The molecule has 2 fully saturated rings. The van der Waals surface area contributed by atoms with Crippen LogP contribution in [0.2, 0.25) is 0 Å². The van der Waals surface area contributed by atoms with Crippen LogP contribution in [0.1, 0.15) is 40.0 Å². The second kappa shape index (κ2) is 3.21. The minimum absolute atomic E-state index is 0.186. The first-order valence-electron chi connectivity index (χ1n) is 5.80. The quantitative estimate of drug-likeness (QED) is 0.520. The number of methoxy groups -OCH3 is 1. The van der Waals surface area contributed by atoms with E-state index >= 15 is 0 Å². The Balaban J connectivity index is 2.30. The maximum absolute atomic E-state index is 11.9. The van der Waals surface area contributed by atoms with Crippen LogP contribution < -0.4 is 0 Å². The third kappa shape index (κ3) is 1.13. The molecule has 2 aliphatic rings. The van der Waals surface area contributed by atoms with Crippen LogP contribution >= 0.6 is 0 Å². The first kappa shape index (κ1) is 10.9. The van der Waals surface area contributed by atoms with Gasteiger partial charge in [-0.25, -0.2) is 4.79 Å². The molecule has 3 heteroatoms. The molecule has 1 spiro atoms. The van der Waals surface area contributed by atoms with Crippen molar-refractivity contribution in [2.75, 3.05) is 7.11 Å². The minimum atomic E-state index is -0.655. The highest BCUT2D eigenvalue weighted by molar-refractivity contribution is 5.85. The van der Waals surface area contributed by atoms with E-state index < -0.39 is 5.60 Å². The lowest BCUT2D eigenvalue weighted by Gasteiger charge is -2.20. The molecule has 0 aromatic rings. The van der Waals surface area contributed by atoms with Gasteiger partial charge in [0.1, 0.15) is 5.60 Å². The summed E-state index contributed by atoms with van der Waals surface area (Å²) in [5.41, 5.74) is -0.869. The molecule has 0 bridgehead atoms. The van der Waals surface area contributed by atoms with E-state index in [4.69, 9.17) is 9.47 Å². The lowest BCUT2D eigenvalue weighted by molar-refractivity contribution is -0.148. The van der Waals surface area contributed by atoms with Gasteiger partial charge < -0.3 is 9.47 Å². The molecule has 3 atom stereocenters. The predicted molar refractivity (Wildman–Crippen MR) is 56.4 cm³/mol. The fourth-order valence-corrected chi connectivity index (χ4v) is 3.32. The SMILES string of the molecule is COC(=O)C1(C(C)C)OC12CCCC2C. The summed E-state index contributed by atoms with van der Waals surface area (Å²) in [7, 11) is 1.45. The number of epoxide rings is 1. The fraction of sp³-hybridized carbons (Fsp3) is 0.917. The summed E-state index contributed by atoms with van der Waals surface area (Å²) in [6.07, 6.45) is 3.32. The van der Waals surface area contributed by atoms with Crippen molar-refractivity contribution in [2.24, 2.45) is 11.8 Å². The summed E-state index contributed by atoms with van der Waals surface area (Å²) < 4.78 is 10.8. The molecule has 3 unspecified atom stereocenters. The standard InChI is InChI=1S/C12H20O3/c1-8(2)12(10(13)14-4)11(15-12)7-5-6-9(11)3/h8-9H,5-7H2,1-4H3. The number of esters is 1. The second-order valence-electron chi connectivity index (χ2n) is 5.17. The van der Waals surface area contributed by atoms with Crippen LogP contribution in [0.4, 0.5) is 0 Å². The largest absolute Gasteiger partial charge is 0.467 e. The number of hydrogen-bond acceptors (Lipinski definition) is 3. The van der Waals surface area contributed by atoms with Gasteiger partial charge in [-0.1, -0.05) is 27.2 Å². The van der Waals surface area contributed by atoms with Gasteiger partial charge in [-0.3, -0.25) is 0 Å². The van der Waals surface area contributed by atoms with E-state index in [-0.39, 0.29) is 17.5 Å². The van der Waals surface area contributed by atoms with Gasteiger partial charge in [-0.2, -0.15) is 0 Å².